The summed E-state index contributed by atoms with van der Waals surface area (Å²) >= 11 is 0. The number of benzene rings is 2. The van der Waals surface area contributed by atoms with Crippen LogP contribution in [-0.2, 0) is 22.4 Å². The molecule has 2 aromatic carbocycles. The molecular formula is C19H18F4N2O3. The minimum atomic E-state index is -4.67. The molecule has 9 heteroatoms. The van der Waals surface area contributed by atoms with E-state index in [0.717, 1.165) is 17.7 Å². The molecule has 0 aromatic heterocycles. The second kappa shape index (κ2) is 9.20. The van der Waals surface area contributed by atoms with Gasteiger partial charge < -0.3 is 14.9 Å². The Hall–Kier alpha value is -3.10. The third kappa shape index (κ3) is 6.26. The molecule has 0 aliphatic carbocycles. The van der Waals surface area contributed by atoms with Gasteiger partial charge in [0.25, 0.3) is 5.91 Å². The molecule has 0 aliphatic rings. The van der Waals surface area contributed by atoms with Crippen molar-refractivity contribution in [3.8, 4) is 5.75 Å². The Labute approximate surface area is 158 Å². The van der Waals surface area contributed by atoms with Crippen molar-refractivity contribution in [1.29, 1.82) is 0 Å². The van der Waals surface area contributed by atoms with Crippen LogP contribution in [0.3, 0.4) is 0 Å². The molecule has 0 unspecified atom stereocenters. The topological polar surface area (TPSA) is 59.9 Å². The maximum Gasteiger partial charge on any atom is 0.416 e. The maximum absolute atomic E-state index is 13.3. The summed E-state index contributed by atoms with van der Waals surface area (Å²) in [5, 5.41) is 6.16. The van der Waals surface area contributed by atoms with Crippen molar-refractivity contribution in [3.63, 3.8) is 0 Å². The number of nitrogens with one attached hydrogen (secondary N) is 1. The second-order valence-electron chi connectivity index (χ2n) is 5.80. The summed E-state index contributed by atoms with van der Waals surface area (Å²) in [6.07, 6.45) is -4.67. The van der Waals surface area contributed by atoms with Gasteiger partial charge in [0.15, 0.2) is 6.61 Å². The molecular weight excluding hydrogens is 380 g/mol. The smallest absolute Gasteiger partial charge is 0.416 e. The molecule has 1 amide bonds. The number of ether oxygens (including phenoxy) is 1. The van der Waals surface area contributed by atoms with Crippen LogP contribution in [0.1, 0.15) is 23.6 Å². The lowest BCUT2D eigenvalue weighted by Gasteiger charge is -2.10. The molecule has 0 saturated heterocycles. The van der Waals surface area contributed by atoms with Gasteiger partial charge in [0.05, 0.1) is 18.4 Å². The summed E-state index contributed by atoms with van der Waals surface area (Å²) in [6.45, 7) is 0.976. The summed E-state index contributed by atoms with van der Waals surface area (Å²) in [5.74, 6) is -0.956. The first-order valence-electron chi connectivity index (χ1n) is 8.13. The standard InChI is InChI=1S/C19H18F4N2O3/c1-12(14-3-5-17(27-2)6-4-14)25-28-11-18(26)24-10-13-7-15(19(21,22)23)9-16(20)8-13/h3-9H,10-11H2,1-2H3,(H,24,26). The number of nitrogens with zero attached hydrogens (tertiary/aromatic N) is 1. The third-order valence-electron chi connectivity index (χ3n) is 3.68. The Morgan fingerprint density at radius 1 is 1.14 bits per heavy atom. The quantitative estimate of drug-likeness (QED) is 0.437. The number of oxime groups is 1. The highest BCUT2D eigenvalue weighted by Gasteiger charge is 2.31. The van der Waals surface area contributed by atoms with Crippen LogP contribution in [0.4, 0.5) is 17.6 Å². The number of hydrogen-bond acceptors (Lipinski definition) is 4. The van der Waals surface area contributed by atoms with Gasteiger partial charge in [-0.25, -0.2) is 4.39 Å². The predicted molar refractivity (Wildman–Crippen MR) is 94.4 cm³/mol. The number of carbonyl (C=O) groups excluding carboxylic acids is 1. The average molecular weight is 398 g/mol. The Kier molecular flexibility index (Phi) is 6.97. The highest BCUT2D eigenvalue weighted by molar-refractivity contribution is 5.98. The molecule has 150 valence electrons. The third-order valence-corrected chi connectivity index (χ3v) is 3.68. The van der Waals surface area contributed by atoms with Crippen LogP contribution in [0, 0.1) is 5.82 Å². The Bertz CT molecular complexity index is 849. The molecule has 2 aromatic rings. The number of alkyl halides is 3. The highest BCUT2D eigenvalue weighted by atomic mass is 19.4. The van der Waals surface area contributed by atoms with Gasteiger partial charge >= 0.3 is 6.18 Å². The van der Waals surface area contributed by atoms with Crippen LogP contribution in [-0.4, -0.2) is 25.3 Å². The van der Waals surface area contributed by atoms with Gasteiger partial charge in [0, 0.05) is 6.54 Å². The van der Waals surface area contributed by atoms with Crippen LogP contribution >= 0.6 is 0 Å². The van der Waals surface area contributed by atoms with E-state index in [4.69, 9.17) is 9.57 Å². The van der Waals surface area contributed by atoms with E-state index in [1.807, 2.05) is 0 Å². The molecule has 0 fully saturated rings. The zero-order chi connectivity index (χ0) is 20.7. The predicted octanol–water partition coefficient (Wildman–Crippen LogP) is 3.91. The number of halogens is 4. The Morgan fingerprint density at radius 2 is 1.82 bits per heavy atom. The fraction of sp³-hybridized carbons (Fsp3) is 0.263. The van der Waals surface area contributed by atoms with E-state index in [2.05, 4.69) is 10.5 Å². The van der Waals surface area contributed by atoms with E-state index in [9.17, 15) is 22.4 Å². The summed E-state index contributed by atoms with van der Waals surface area (Å²) in [5.41, 5.74) is 0.155. The average Bonchev–Trinajstić information content (AvgIpc) is 2.65. The van der Waals surface area contributed by atoms with Gasteiger partial charge in [-0.15, -0.1) is 0 Å². The van der Waals surface area contributed by atoms with Crippen LogP contribution in [0.5, 0.6) is 5.75 Å². The minimum Gasteiger partial charge on any atom is -0.497 e. The molecule has 0 radical (unpaired) electrons. The maximum atomic E-state index is 13.3. The number of rotatable bonds is 7. The largest absolute Gasteiger partial charge is 0.497 e. The Balaban J connectivity index is 1.86. The van der Waals surface area contributed by atoms with Gasteiger partial charge in [-0.3, -0.25) is 4.79 Å². The minimum absolute atomic E-state index is 0.0152. The first kappa shape index (κ1) is 21.2. The molecule has 0 atom stereocenters. The number of hydrogen-bond donors (Lipinski definition) is 1. The van der Waals surface area contributed by atoms with Crippen molar-refractivity contribution < 1.29 is 31.9 Å². The fourth-order valence-corrected chi connectivity index (χ4v) is 2.24. The Morgan fingerprint density at radius 3 is 2.43 bits per heavy atom. The first-order valence-corrected chi connectivity index (χ1v) is 8.13. The number of amides is 1. The van der Waals surface area contributed by atoms with E-state index < -0.39 is 30.1 Å². The van der Waals surface area contributed by atoms with Gasteiger partial charge in [-0.05, 0) is 60.5 Å². The second-order valence-corrected chi connectivity index (χ2v) is 5.80. The lowest BCUT2D eigenvalue weighted by atomic mass is 10.1. The highest BCUT2D eigenvalue weighted by Crippen LogP contribution is 2.30. The monoisotopic (exact) mass is 398 g/mol. The van der Waals surface area contributed by atoms with Crippen molar-refractivity contribution in [1.82, 2.24) is 5.32 Å². The van der Waals surface area contributed by atoms with E-state index >= 15 is 0 Å². The molecule has 5 nitrogen and oxygen atoms in total. The van der Waals surface area contributed by atoms with Gasteiger partial charge in [0.1, 0.15) is 11.6 Å². The van der Waals surface area contributed by atoms with E-state index in [1.54, 1.807) is 38.3 Å². The van der Waals surface area contributed by atoms with Crippen molar-refractivity contribution in [2.45, 2.75) is 19.6 Å². The van der Waals surface area contributed by atoms with E-state index in [0.29, 0.717) is 17.5 Å². The van der Waals surface area contributed by atoms with Crippen LogP contribution < -0.4 is 10.1 Å². The lowest BCUT2D eigenvalue weighted by molar-refractivity contribution is -0.137. The van der Waals surface area contributed by atoms with Crippen LogP contribution in [0.25, 0.3) is 0 Å². The molecule has 28 heavy (non-hydrogen) atoms. The van der Waals surface area contributed by atoms with Gasteiger partial charge in [-0.2, -0.15) is 13.2 Å². The lowest BCUT2D eigenvalue weighted by Crippen LogP contribution is -2.26. The van der Waals surface area contributed by atoms with Gasteiger partial charge in [0.2, 0.25) is 0 Å². The normalized spacial score (nSPS) is 11.9. The molecule has 1 N–H and O–H groups in total. The first-order chi connectivity index (χ1) is 13.2. The number of carbonyl (C=O) groups is 1. The summed E-state index contributed by atoms with van der Waals surface area (Å²) in [7, 11) is 1.55. The van der Waals surface area contributed by atoms with Crippen molar-refractivity contribution in [3.05, 3.63) is 65.0 Å². The van der Waals surface area contributed by atoms with Crippen molar-refractivity contribution in [2.75, 3.05) is 13.7 Å². The molecule has 0 saturated carbocycles. The summed E-state index contributed by atoms with van der Waals surface area (Å²) < 4.78 is 56.4. The molecule has 0 aliphatic heterocycles. The van der Waals surface area contributed by atoms with Crippen LogP contribution in [0.2, 0.25) is 0 Å². The van der Waals surface area contributed by atoms with Crippen molar-refractivity contribution in [2.24, 2.45) is 5.16 Å². The zero-order valence-corrected chi connectivity index (χ0v) is 15.1. The fourth-order valence-electron chi connectivity index (χ4n) is 2.24. The summed E-state index contributed by atoms with van der Waals surface area (Å²) in [6, 6.07) is 9.11. The summed E-state index contributed by atoms with van der Waals surface area (Å²) in [4.78, 5) is 16.7. The van der Waals surface area contributed by atoms with Crippen molar-refractivity contribution >= 4 is 11.6 Å². The van der Waals surface area contributed by atoms with Gasteiger partial charge in [-0.1, -0.05) is 5.16 Å². The van der Waals surface area contributed by atoms with E-state index in [1.165, 1.54) is 0 Å². The van der Waals surface area contributed by atoms with E-state index in [-0.39, 0.29) is 12.1 Å². The SMILES string of the molecule is COc1ccc(C(C)=NOCC(=O)NCc2cc(F)cc(C(F)(F)F)c2)cc1. The van der Waals surface area contributed by atoms with Crippen LogP contribution in [0.15, 0.2) is 47.6 Å². The molecule has 0 spiro atoms. The number of methoxy groups -OCH3 is 1. The molecule has 0 heterocycles. The molecule has 0 bridgehead atoms. The molecule has 2 rings (SSSR count). The zero-order valence-electron chi connectivity index (χ0n) is 15.1.